The van der Waals surface area contributed by atoms with Crippen LogP contribution in [0, 0.1) is 11.3 Å². The van der Waals surface area contributed by atoms with Gasteiger partial charge in [-0.3, -0.25) is 4.79 Å². The molecule has 0 fully saturated rings. The van der Waals surface area contributed by atoms with Crippen LogP contribution >= 0.6 is 0 Å². The maximum atomic E-state index is 11.3. The number of unbranched alkanes of at least 4 members (excludes halogenated alkanes) is 1. The molecule has 0 aliphatic rings. The van der Waals surface area contributed by atoms with Gasteiger partial charge in [0.25, 0.3) is 0 Å². The van der Waals surface area contributed by atoms with Gasteiger partial charge >= 0.3 is 5.97 Å². The molecule has 0 aliphatic carbocycles. The maximum absolute atomic E-state index is 11.3. The van der Waals surface area contributed by atoms with Crippen molar-refractivity contribution < 1.29 is 19.7 Å². The number of rotatable bonds is 10. The van der Waals surface area contributed by atoms with Gasteiger partial charge < -0.3 is 5.11 Å². The minimum absolute atomic E-state index is 0.0468. The summed E-state index contributed by atoms with van der Waals surface area (Å²) in [6.45, 7) is 14.1. The minimum atomic E-state index is -0.817. The highest BCUT2D eigenvalue weighted by Crippen LogP contribution is 2.37. The maximum Gasteiger partial charge on any atom is 0.309 e. The standard InChI is InChI=1S/C16H32O4/c1-8-10-11-13(14(17)18)12(3)19-20-16(6,7)15(4,5)9-2/h12-13H,8-11H2,1-7H3,(H,17,18). The van der Waals surface area contributed by atoms with E-state index in [0.717, 1.165) is 19.3 Å². The van der Waals surface area contributed by atoms with Gasteiger partial charge in [0.15, 0.2) is 0 Å². The fraction of sp³-hybridized carbons (Fsp3) is 0.938. The van der Waals surface area contributed by atoms with Crippen LogP contribution in [-0.4, -0.2) is 22.8 Å². The average molecular weight is 288 g/mol. The van der Waals surface area contributed by atoms with E-state index in [1.54, 1.807) is 6.92 Å². The van der Waals surface area contributed by atoms with Crippen molar-refractivity contribution in [3.8, 4) is 0 Å². The lowest BCUT2D eigenvalue weighted by Crippen LogP contribution is -2.43. The molecule has 0 aliphatic heterocycles. The van der Waals surface area contributed by atoms with Gasteiger partial charge in [-0.2, -0.15) is 0 Å². The van der Waals surface area contributed by atoms with E-state index in [1.807, 2.05) is 20.8 Å². The summed E-state index contributed by atoms with van der Waals surface area (Å²) in [5.74, 6) is -1.34. The van der Waals surface area contributed by atoms with Crippen molar-refractivity contribution in [3.63, 3.8) is 0 Å². The zero-order chi connectivity index (χ0) is 16.0. The largest absolute Gasteiger partial charge is 0.481 e. The second kappa shape index (κ2) is 7.99. The Bertz CT molecular complexity index is 297. The van der Waals surface area contributed by atoms with Crippen molar-refractivity contribution >= 4 is 5.97 Å². The molecule has 0 aromatic rings. The van der Waals surface area contributed by atoms with E-state index in [-0.39, 0.29) is 5.41 Å². The normalized spacial score (nSPS) is 15.9. The van der Waals surface area contributed by atoms with Crippen LogP contribution in [0.3, 0.4) is 0 Å². The first kappa shape index (κ1) is 19.4. The molecule has 1 N–H and O–H groups in total. The van der Waals surface area contributed by atoms with Crippen molar-refractivity contribution in [2.45, 2.75) is 85.9 Å². The van der Waals surface area contributed by atoms with Crippen molar-refractivity contribution in [2.24, 2.45) is 11.3 Å². The number of carbonyl (C=O) groups is 1. The summed E-state index contributed by atoms with van der Waals surface area (Å²) in [5, 5.41) is 9.27. The molecule has 20 heavy (non-hydrogen) atoms. The van der Waals surface area contributed by atoms with Gasteiger partial charge in [0, 0.05) is 0 Å². The Balaban J connectivity index is 4.58. The van der Waals surface area contributed by atoms with Gasteiger partial charge in [-0.1, -0.05) is 40.5 Å². The molecule has 0 heterocycles. The van der Waals surface area contributed by atoms with E-state index >= 15 is 0 Å². The SMILES string of the molecule is CCCCC(C(=O)O)C(C)OOC(C)(C)C(C)(C)CC. The first-order chi connectivity index (χ1) is 9.09. The summed E-state index contributed by atoms with van der Waals surface area (Å²) in [7, 11) is 0. The molecule has 0 spiro atoms. The van der Waals surface area contributed by atoms with Gasteiger partial charge in [0.1, 0.15) is 11.7 Å². The van der Waals surface area contributed by atoms with Gasteiger partial charge in [0.2, 0.25) is 0 Å². The molecule has 0 saturated carbocycles. The zero-order valence-corrected chi connectivity index (χ0v) is 14.2. The van der Waals surface area contributed by atoms with E-state index in [2.05, 4.69) is 20.8 Å². The van der Waals surface area contributed by atoms with Crippen LogP contribution in [0.4, 0.5) is 0 Å². The number of carboxylic acid groups (broad SMARTS) is 1. The Hall–Kier alpha value is -0.610. The highest BCUT2D eigenvalue weighted by molar-refractivity contribution is 5.70. The van der Waals surface area contributed by atoms with Gasteiger partial charge in [0.05, 0.1) is 5.92 Å². The Kier molecular flexibility index (Phi) is 7.74. The third kappa shape index (κ3) is 5.41. The molecule has 0 saturated heterocycles. The monoisotopic (exact) mass is 288 g/mol. The van der Waals surface area contributed by atoms with E-state index in [0.29, 0.717) is 6.42 Å². The predicted molar refractivity (Wildman–Crippen MR) is 80.4 cm³/mol. The lowest BCUT2D eigenvalue weighted by molar-refractivity contribution is -0.398. The van der Waals surface area contributed by atoms with Gasteiger partial charge in [-0.05, 0) is 39.0 Å². The molecule has 0 bridgehead atoms. The number of aliphatic carboxylic acids is 1. The molecule has 0 aromatic heterocycles. The summed E-state index contributed by atoms with van der Waals surface area (Å²) < 4.78 is 0. The average Bonchev–Trinajstić information content (AvgIpc) is 2.36. The van der Waals surface area contributed by atoms with Gasteiger partial charge in [-0.25, -0.2) is 9.78 Å². The molecular weight excluding hydrogens is 256 g/mol. The summed E-state index contributed by atoms with van der Waals surface area (Å²) >= 11 is 0. The molecule has 120 valence electrons. The van der Waals surface area contributed by atoms with E-state index in [1.165, 1.54) is 0 Å². The lowest BCUT2D eigenvalue weighted by Gasteiger charge is -2.40. The van der Waals surface area contributed by atoms with Crippen LogP contribution in [-0.2, 0) is 14.6 Å². The smallest absolute Gasteiger partial charge is 0.309 e. The Morgan fingerprint density at radius 1 is 1.20 bits per heavy atom. The van der Waals surface area contributed by atoms with Crippen molar-refractivity contribution in [2.75, 3.05) is 0 Å². The van der Waals surface area contributed by atoms with Crippen LogP contribution in [0.5, 0.6) is 0 Å². The molecule has 2 unspecified atom stereocenters. The van der Waals surface area contributed by atoms with Crippen LogP contribution in [0.1, 0.15) is 74.1 Å². The molecule has 2 atom stereocenters. The Morgan fingerprint density at radius 3 is 2.15 bits per heavy atom. The number of hydrogen-bond donors (Lipinski definition) is 1. The Labute approximate surface area is 123 Å². The fourth-order valence-corrected chi connectivity index (χ4v) is 1.78. The second-order valence-electron chi connectivity index (χ2n) is 6.72. The van der Waals surface area contributed by atoms with Crippen LogP contribution in [0.25, 0.3) is 0 Å². The molecular formula is C16H32O4. The predicted octanol–water partition coefficient (Wildman–Crippen LogP) is 4.43. The summed E-state index contributed by atoms with van der Waals surface area (Å²) in [5.41, 5.74) is -0.515. The molecule has 0 rings (SSSR count). The van der Waals surface area contributed by atoms with Crippen LogP contribution in [0.15, 0.2) is 0 Å². The van der Waals surface area contributed by atoms with Crippen molar-refractivity contribution in [3.05, 3.63) is 0 Å². The fourth-order valence-electron chi connectivity index (χ4n) is 1.78. The van der Waals surface area contributed by atoms with Crippen LogP contribution < -0.4 is 0 Å². The van der Waals surface area contributed by atoms with E-state index in [4.69, 9.17) is 9.78 Å². The summed E-state index contributed by atoms with van der Waals surface area (Å²) in [6, 6.07) is 0. The summed E-state index contributed by atoms with van der Waals surface area (Å²) in [4.78, 5) is 22.3. The van der Waals surface area contributed by atoms with Crippen LogP contribution in [0.2, 0.25) is 0 Å². The molecule has 4 nitrogen and oxygen atoms in total. The third-order valence-corrected chi connectivity index (χ3v) is 4.67. The molecule has 0 aromatic carbocycles. The van der Waals surface area contributed by atoms with Gasteiger partial charge in [-0.15, -0.1) is 0 Å². The number of carboxylic acids is 1. The van der Waals surface area contributed by atoms with E-state index < -0.39 is 23.6 Å². The number of hydrogen-bond acceptors (Lipinski definition) is 3. The quantitative estimate of drug-likeness (QED) is 0.477. The van der Waals surface area contributed by atoms with Crippen molar-refractivity contribution in [1.82, 2.24) is 0 Å². The van der Waals surface area contributed by atoms with Crippen molar-refractivity contribution in [1.29, 1.82) is 0 Å². The summed E-state index contributed by atoms with van der Waals surface area (Å²) in [6.07, 6.45) is 2.98. The molecule has 0 radical (unpaired) electrons. The molecule has 0 amide bonds. The third-order valence-electron chi connectivity index (χ3n) is 4.67. The topological polar surface area (TPSA) is 55.8 Å². The Morgan fingerprint density at radius 2 is 1.75 bits per heavy atom. The second-order valence-corrected chi connectivity index (χ2v) is 6.72. The minimum Gasteiger partial charge on any atom is -0.481 e. The highest BCUT2D eigenvalue weighted by atomic mass is 17.2. The lowest BCUT2D eigenvalue weighted by atomic mass is 9.75. The first-order valence-corrected chi connectivity index (χ1v) is 7.66. The molecule has 4 heteroatoms. The first-order valence-electron chi connectivity index (χ1n) is 7.66. The van der Waals surface area contributed by atoms with E-state index in [9.17, 15) is 9.90 Å². The highest BCUT2D eigenvalue weighted by Gasteiger charge is 2.39. The zero-order valence-electron chi connectivity index (χ0n) is 14.2.